The van der Waals surface area contributed by atoms with E-state index in [1.807, 2.05) is 0 Å². The molecular formula is C14H9Cl3F3N. The Morgan fingerprint density at radius 2 is 1.57 bits per heavy atom. The highest BCUT2D eigenvalue weighted by Gasteiger charge is 2.33. The summed E-state index contributed by atoms with van der Waals surface area (Å²) in [5, 5.41) is 3.51. The van der Waals surface area contributed by atoms with Crippen LogP contribution in [0.4, 0.5) is 18.9 Å². The molecule has 0 spiro atoms. The number of anilines is 1. The van der Waals surface area contributed by atoms with Gasteiger partial charge in [-0.15, -0.1) is 0 Å². The number of alkyl halides is 3. The minimum absolute atomic E-state index is 0.248. The molecular weight excluding hydrogens is 346 g/mol. The Morgan fingerprint density at radius 1 is 0.905 bits per heavy atom. The first-order chi connectivity index (χ1) is 9.77. The second kappa shape index (κ2) is 6.34. The van der Waals surface area contributed by atoms with Crippen molar-refractivity contribution in [3.63, 3.8) is 0 Å². The smallest absolute Gasteiger partial charge is 0.381 e. The van der Waals surface area contributed by atoms with Crippen LogP contribution in [0.15, 0.2) is 36.4 Å². The summed E-state index contributed by atoms with van der Waals surface area (Å²) in [4.78, 5) is 0. The van der Waals surface area contributed by atoms with E-state index >= 15 is 0 Å². The van der Waals surface area contributed by atoms with Crippen LogP contribution in [0, 0.1) is 0 Å². The summed E-state index contributed by atoms with van der Waals surface area (Å²) in [5.74, 6) is 0. The summed E-state index contributed by atoms with van der Waals surface area (Å²) >= 11 is 17.4. The second-order valence-electron chi connectivity index (χ2n) is 4.28. The quantitative estimate of drug-likeness (QED) is 0.684. The molecule has 0 saturated heterocycles. The van der Waals surface area contributed by atoms with Crippen LogP contribution in [-0.2, 0) is 12.7 Å². The molecule has 0 bridgehead atoms. The van der Waals surface area contributed by atoms with Crippen LogP contribution in [0.1, 0.15) is 11.1 Å². The molecule has 0 aliphatic heterocycles. The number of hydrogen-bond donors (Lipinski definition) is 1. The summed E-state index contributed by atoms with van der Waals surface area (Å²) in [6.45, 7) is 0.248. The minimum Gasteiger partial charge on any atom is -0.381 e. The Bertz CT molecular complexity index is 656. The van der Waals surface area contributed by atoms with Crippen molar-refractivity contribution in [1.82, 2.24) is 0 Å². The predicted molar refractivity (Wildman–Crippen MR) is 80.2 cm³/mol. The molecule has 1 nitrogen and oxygen atoms in total. The van der Waals surface area contributed by atoms with Gasteiger partial charge in [0.15, 0.2) is 0 Å². The topological polar surface area (TPSA) is 12.0 Å². The maximum Gasteiger partial charge on any atom is 0.417 e. The minimum atomic E-state index is -4.50. The van der Waals surface area contributed by atoms with Crippen LogP contribution in [0.5, 0.6) is 0 Å². The first kappa shape index (κ1) is 16.3. The third kappa shape index (κ3) is 4.19. The number of nitrogens with one attached hydrogen (secondary N) is 1. The van der Waals surface area contributed by atoms with Crippen molar-refractivity contribution in [2.45, 2.75) is 12.7 Å². The summed E-state index contributed by atoms with van der Waals surface area (Å²) in [5.41, 5.74) is 0.0989. The molecule has 0 aromatic heterocycles. The Morgan fingerprint density at radius 3 is 2.24 bits per heavy atom. The van der Waals surface area contributed by atoms with Crippen molar-refractivity contribution in [1.29, 1.82) is 0 Å². The molecule has 2 aromatic carbocycles. The first-order valence-corrected chi connectivity index (χ1v) is 6.95. The van der Waals surface area contributed by atoms with Crippen LogP contribution < -0.4 is 5.32 Å². The zero-order valence-corrected chi connectivity index (χ0v) is 12.7. The van der Waals surface area contributed by atoms with E-state index in [9.17, 15) is 13.2 Å². The molecule has 21 heavy (non-hydrogen) atoms. The van der Waals surface area contributed by atoms with E-state index in [2.05, 4.69) is 5.32 Å². The van der Waals surface area contributed by atoms with Crippen LogP contribution >= 0.6 is 34.8 Å². The van der Waals surface area contributed by atoms with Crippen molar-refractivity contribution >= 4 is 40.5 Å². The molecule has 0 amide bonds. The lowest BCUT2D eigenvalue weighted by Crippen LogP contribution is -2.07. The SMILES string of the molecule is FC(F)(F)c1cc(NCc2cc(Cl)ccc2Cl)ccc1Cl. The van der Waals surface area contributed by atoms with Gasteiger partial charge in [0.1, 0.15) is 0 Å². The van der Waals surface area contributed by atoms with Gasteiger partial charge in [0.25, 0.3) is 0 Å². The molecule has 7 heteroatoms. The van der Waals surface area contributed by atoms with Crippen molar-refractivity contribution < 1.29 is 13.2 Å². The molecule has 0 radical (unpaired) electrons. The Hall–Kier alpha value is -1.10. The summed E-state index contributed by atoms with van der Waals surface area (Å²) in [7, 11) is 0. The van der Waals surface area contributed by atoms with Gasteiger partial charge in [-0.2, -0.15) is 13.2 Å². The average Bonchev–Trinajstić information content (AvgIpc) is 2.40. The third-order valence-electron chi connectivity index (χ3n) is 2.76. The molecule has 0 atom stereocenters. The lowest BCUT2D eigenvalue weighted by molar-refractivity contribution is -0.137. The number of hydrogen-bond acceptors (Lipinski definition) is 1. The molecule has 0 saturated carbocycles. The highest BCUT2D eigenvalue weighted by atomic mass is 35.5. The van der Waals surface area contributed by atoms with Gasteiger partial charge in [-0.1, -0.05) is 34.8 Å². The molecule has 1 N–H and O–H groups in total. The Kier molecular flexibility index (Phi) is 4.91. The molecule has 0 aliphatic carbocycles. The predicted octanol–water partition coefficient (Wildman–Crippen LogP) is 6.28. The molecule has 0 aliphatic rings. The van der Waals surface area contributed by atoms with Crippen LogP contribution in [0.25, 0.3) is 0 Å². The third-order valence-corrected chi connectivity index (χ3v) is 3.70. The molecule has 112 valence electrons. The van der Waals surface area contributed by atoms with Gasteiger partial charge in [0.2, 0.25) is 0 Å². The number of benzene rings is 2. The summed E-state index contributed by atoms with van der Waals surface area (Å²) < 4.78 is 38.3. The van der Waals surface area contributed by atoms with E-state index in [0.29, 0.717) is 21.3 Å². The fraction of sp³-hybridized carbons (Fsp3) is 0.143. The monoisotopic (exact) mass is 353 g/mol. The van der Waals surface area contributed by atoms with E-state index in [0.717, 1.165) is 6.07 Å². The number of rotatable bonds is 3. The van der Waals surface area contributed by atoms with Crippen molar-refractivity contribution in [2.24, 2.45) is 0 Å². The van der Waals surface area contributed by atoms with Gasteiger partial charge in [0.05, 0.1) is 10.6 Å². The maximum absolute atomic E-state index is 12.8. The highest BCUT2D eigenvalue weighted by Crippen LogP contribution is 2.36. The zero-order valence-electron chi connectivity index (χ0n) is 10.4. The largest absolute Gasteiger partial charge is 0.417 e. The molecule has 0 fully saturated rings. The van der Waals surface area contributed by atoms with Gasteiger partial charge >= 0.3 is 6.18 Å². The Balaban J connectivity index is 2.19. The van der Waals surface area contributed by atoms with Gasteiger partial charge in [-0.3, -0.25) is 0 Å². The lowest BCUT2D eigenvalue weighted by Gasteiger charge is -2.13. The standard InChI is InChI=1S/C14H9Cl3F3N/c15-9-1-3-12(16)8(5-9)7-21-10-2-4-13(17)11(6-10)14(18,19)20/h1-6,21H,7H2. The molecule has 0 unspecified atom stereocenters. The van der Waals surface area contributed by atoms with E-state index in [4.69, 9.17) is 34.8 Å². The molecule has 2 rings (SSSR count). The summed E-state index contributed by atoms with van der Waals surface area (Å²) in [6, 6.07) is 8.54. The van der Waals surface area contributed by atoms with Crippen molar-refractivity contribution in [3.8, 4) is 0 Å². The van der Waals surface area contributed by atoms with E-state index in [-0.39, 0.29) is 11.6 Å². The van der Waals surface area contributed by atoms with Gasteiger partial charge < -0.3 is 5.32 Å². The van der Waals surface area contributed by atoms with Gasteiger partial charge in [-0.25, -0.2) is 0 Å². The fourth-order valence-electron chi connectivity index (χ4n) is 1.73. The fourth-order valence-corrected chi connectivity index (χ4v) is 2.33. The van der Waals surface area contributed by atoms with Crippen LogP contribution in [-0.4, -0.2) is 0 Å². The van der Waals surface area contributed by atoms with Gasteiger partial charge in [0, 0.05) is 22.3 Å². The first-order valence-electron chi connectivity index (χ1n) is 5.82. The zero-order chi connectivity index (χ0) is 15.6. The Labute approximate surface area is 134 Å². The normalized spacial score (nSPS) is 11.5. The van der Waals surface area contributed by atoms with Gasteiger partial charge in [-0.05, 0) is 42.0 Å². The summed E-state index contributed by atoms with van der Waals surface area (Å²) in [6.07, 6.45) is -4.50. The highest BCUT2D eigenvalue weighted by molar-refractivity contribution is 6.33. The van der Waals surface area contributed by atoms with E-state index in [1.54, 1.807) is 18.2 Å². The van der Waals surface area contributed by atoms with Crippen molar-refractivity contribution in [3.05, 3.63) is 62.6 Å². The number of halogens is 6. The molecule has 0 heterocycles. The van der Waals surface area contributed by atoms with E-state index < -0.39 is 11.7 Å². The van der Waals surface area contributed by atoms with Crippen LogP contribution in [0.3, 0.4) is 0 Å². The maximum atomic E-state index is 12.8. The second-order valence-corrected chi connectivity index (χ2v) is 5.53. The molecule has 2 aromatic rings. The van der Waals surface area contributed by atoms with Crippen molar-refractivity contribution in [2.75, 3.05) is 5.32 Å². The van der Waals surface area contributed by atoms with Crippen LogP contribution in [0.2, 0.25) is 15.1 Å². The van der Waals surface area contributed by atoms with E-state index in [1.165, 1.54) is 12.1 Å². The average molecular weight is 355 g/mol. The lowest BCUT2D eigenvalue weighted by atomic mass is 10.1.